The second-order valence-corrected chi connectivity index (χ2v) is 12.2. The van der Waals surface area contributed by atoms with Crippen LogP contribution >= 0.6 is 11.8 Å². The van der Waals surface area contributed by atoms with Gasteiger partial charge in [0.25, 0.3) is 5.91 Å². The summed E-state index contributed by atoms with van der Waals surface area (Å²) in [7, 11) is -6.99. The zero-order chi connectivity index (χ0) is 20.6. The minimum absolute atomic E-state index is 0.0493. The summed E-state index contributed by atoms with van der Waals surface area (Å²) in [4.78, 5) is 15.7. The van der Waals surface area contributed by atoms with Crippen LogP contribution in [0.3, 0.4) is 0 Å². The second-order valence-electron chi connectivity index (χ2n) is 6.94. The summed E-state index contributed by atoms with van der Waals surface area (Å²) in [6.45, 7) is 0.903. The fraction of sp³-hybridized carbons (Fsp3) is 0.389. The smallest absolute Gasteiger partial charge is 0.268 e. The number of aromatic nitrogens is 1. The molecule has 0 aliphatic carbocycles. The second kappa shape index (κ2) is 7.78. The first-order valence-electron chi connectivity index (χ1n) is 9.18. The van der Waals surface area contributed by atoms with Crippen LogP contribution in [0.5, 0.6) is 0 Å². The molecule has 2 aliphatic rings. The monoisotopic (exact) mass is 455 g/mol. The molecule has 1 unspecified atom stereocenters. The van der Waals surface area contributed by atoms with Crippen molar-refractivity contribution in [3.05, 3.63) is 47.8 Å². The first kappa shape index (κ1) is 20.5. The number of H-pyrrole nitrogens is 1. The Balaban J connectivity index is 1.53. The Bertz CT molecular complexity index is 1130. The molecule has 156 valence electrons. The number of aromatic amines is 1. The first-order chi connectivity index (χ1) is 13.8. The molecule has 2 aliphatic heterocycles. The summed E-state index contributed by atoms with van der Waals surface area (Å²) in [5, 5.41) is 2.83. The molecule has 1 saturated heterocycles. The van der Waals surface area contributed by atoms with Crippen molar-refractivity contribution < 1.29 is 21.6 Å². The molecule has 1 aromatic carbocycles. The van der Waals surface area contributed by atoms with Crippen molar-refractivity contribution in [2.75, 3.05) is 30.3 Å². The molecule has 2 aromatic rings. The lowest BCUT2D eigenvalue weighted by molar-refractivity contribution is 0.0930. The van der Waals surface area contributed by atoms with E-state index in [0.29, 0.717) is 18.7 Å². The highest BCUT2D eigenvalue weighted by Gasteiger charge is 2.32. The number of nitrogens with one attached hydrogen (secondary N) is 2. The zero-order valence-corrected chi connectivity index (χ0v) is 17.9. The van der Waals surface area contributed by atoms with E-state index >= 15 is 0 Å². The van der Waals surface area contributed by atoms with E-state index in [1.807, 2.05) is 0 Å². The van der Waals surface area contributed by atoms with E-state index in [0.717, 1.165) is 11.5 Å². The van der Waals surface area contributed by atoms with Gasteiger partial charge in [-0.3, -0.25) is 4.79 Å². The molecule has 1 atom stereocenters. The molecule has 3 heterocycles. The predicted octanol–water partition coefficient (Wildman–Crippen LogP) is 1.40. The average Bonchev–Trinajstić information content (AvgIpc) is 3.22. The molecule has 11 heteroatoms. The van der Waals surface area contributed by atoms with Crippen molar-refractivity contribution >= 4 is 37.5 Å². The third-order valence-corrected chi connectivity index (χ3v) is 9.75. The van der Waals surface area contributed by atoms with Gasteiger partial charge in [0.15, 0.2) is 9.84 Å². The van der Waals surface area contributed by atoms with Crippen LogP contribution in [0.4, 0.5) is 0 Å². The van der Waals surface area contributed by atoms with E-state index in [1.54, 1.807) is 36.0 Å². The molecular formula is C18H21N3O5S3. The van der Waals surface area contributed by atoms with Gasteiger partial charge in [0.1, 0.15) is 10.6 Å². The van der Waals surface area contributed by atoms with Crippen molar-refractivity contribution in [1.29, 1.82) is 0 Å². The molecular weight excluding hydrogens is 434 g/mol. The highest BCUT2D eigenvalue weighted by atomic mass is 32.2. The number of carbonyl (C=O) groups excluding carboxylic acids is 1. The summed E-state index contributed by atoms with van der Waals surface area (Å²) in [6, 6.07) is 7.49. The van der Waals surface area contributed by atoms with Gasteiger partial charge in [-0.1, -0.05) is 18.2 Å². The van der Waals surface area contributed by atoms with Crippen LogP contribution in [0.15, 0.2) is 46.3 Å². The molecule has 2 N–H and O–H groups in total. The molecule has 8 nitrogen and oxygen atoms in total. The van der Waals surface area contributed by atoms with Crippen LogP contribution in [0.25, 0.3) is 0 Å². The fourth-order valence-corrected chi connectivity index (χ4v) is 7.76. The van der Waals surface area contributed by atoms with E-state index in [1.165, 1.54) is 16.6 Å². The molecule has 4 rings (SSSR count). The van der Waals surface area contributed by atoms with Gasteiger partial charge in [0.2, 0.25) is 10.0 Å². The summed E-state index contributed by atoms with van der Waals surface area (Å²) in [5.41, 5.74) is 0.679. The van der Waals surface area contributed by atoms with Gasteiger partial charge in [-0.2, -0.15) is 16.1 Å². The molecule has 1 fully saturated rings. The maximum absolute atomic E-state index is 12.7. The summed E-state index contributed by atoms with van der Waals surface area (Å²) >= 11 is 1.71. The van der Waals surface area contributed by atoms with E-state index < -0.39 is 31.8 Å². The molecule has 0 saturated carbocycles. The average molecular weight is 456 g/mol. The maximum Gasteiger partial charge on any atom is 0.268 e. The number of sulfone groups is 1. The Labute approximate surface area is 174 Å². The van der Waals surface area contributed by atoms with Crippen molar-refractivity contribution in [3.63, 3.8) is 0 Å². The Hall–Kier alpha value is -1.82. The summed E-state index contributed by atoms with van der Waals surface area (Å²) in [6.07, 6.45) is 1.59. The first-order valence-corrected chi connectivity index (χ1v) is 13.4. The number of sulfonamides is 1. The Morgan fingerprint density at radius 3 is 2.69 bits per heavy atom. The fourth-order valence-electron chi connectivity index (χ4n) is 3.57. The van der Waals surface area contributed by atoms with Crippen LogP contribution in [0.1, 0.15) is 28.5 Å². The van der Waals surface area contributed by atoms with E-state index in [4.69, 9.17) is 0 Å². The quantitative estimate of drug-likeness (QED) is 0.720. The maximum atomic E-state index is 12.7. The lowest BCUT2D eigenvalue weighted by Crippen LogP contribution is -2.37. The molecule has 0 radical (unpaired) electrons. The zero-order valence-electron chi connectivity index (χ0n) is 15.5. The number of hydrogen-bond acceptors (Lipinski definition) is 6. The van der Waals surface area contributed by atoms with Crippen LogP contribution in [-0.4, -0.2) is 62.4 Å². The van der Waals surface area contributed by atoms with E-state index in [9.17, 15) is 21.6 Å². The number of benzene rings is 1. The Morgan fingerprint density at radius 1 is 1.21 bits per heavy atom. The number of amides is 1. The van der Waals surface area contributed by atoms with Gasteiger partial charge >= 0.3 is 0 Å². The van der Waals surface area contributed by atoms with Crippen LogP contribution in [-0.2, 0) is 19.9 Å². The van der Waals surface area contributed by atoms with Crippen molar-refractivity contribution in [1.82, 2.24) is 14.6 Å². The lowest BCUT2D eigenvalue weighted by atomic mass is 10.0. The number of rotatable bonds is 4. The van der Waals surface area contributed by atoms with Crippen LogP contribution < -0.4 is 5.32 Å². The Kier molecular flexibility index (Phi) is 5.49. The van der Waals surface area contributed by atoms with Gasteiger partial charge in [-0.15, -0.1) is 0 Å². The highest BCUT2D eigenvalue weighted by molar-refractivity contribution is 7.99. The van der Waals surface area contributed by atoms with E-state index in [2.05, 4.69) is 10.3 Å². The number of fused-ring (bicyclic) bond motifs is 1. The molecule has 1 amide bonds. The standard InChI is InChI=1S/C18H21N3O5S3/c22-18(20-15-5-10-28(23,24)17-4-2-1-3-14(15)17)16-11-13(12-19-16)29(25,26)21-6-8-27-9-7-21/h1-4,11-12,15,19H,5-10H2,(H,20,22). The van der Waals surface area contributed by atoms with Crippen LogP contribution in [0, 0.1) is 0 Å². The normalized spacial score (nSPS) is 22.0. The number of thioether (sulfide) groups is 1. The van der Waals surface area contributed by atoms with Gasteiger partial charge < -0.3 is 10.3 Å². The van der Waals surface area contributed by atoms with Gasteiger partial charge in [-0.25, -0.2) is 16.8 Å². The van der Waals surface area contributed by atoms with Gasteiger partial charge in [0.05, 0.1) is 16.7 Å². The third kappa shape index (κ3) is 3.96. The third-order valence-electron chi connectivity index (χ3n) is 5.12. The van der Waals surface area contributed by atoms with Gasteiger partial charge in [0, 0.05) is 30.8 Å². The van der Waals surface area contributed by atoms with Crippen LogP contribution in [0.2, 0.25) is 0 Å². The van der Waals surface area contributed by atoms with Crippen molar-refractivity contribution in [2.24, 2.45) is 0 Å². The summed E-state index contributed by atoms with van der Waals surface area (Å²) < 4.78 is 51.4. The molecule has 0 bridgehead atoms. The predicted molar refractivity (Wildman–Crippen MR) is 110 cm³/mol. The minimum atomic E-state index is -3.64. The highest BCUT2D eigenvalue weighted by Crippen LogP contribution is 2.32. The molecule has 29 heavy (non-hydrogen) atoms. The lowest BCUT2D eigenvalue weighted by Gasteiger charge is -2.26. The van der Waals surface area contributed by atoms with Crippen molar-refractivity contribution in [2.45, 2.75) is 22.3 Å². The number of hydrogen-bond donors (Lipinski definition) is 2. The summed E-state index contributed by atoms with van der Waals surface area (Å²) in [5.74, 6) is 0.980. The minimum Gasteiger partial charge on any atom is -0.356 e. The molecule has 1 aromatic heterocycles. The number of nitrogens with zero attached hydrogens (tertiary/aromatic N) is 1. The van der Waals surface area contributed by atoms with E-state index in [-0.39, 0.29) is 27.7 Å². The number of carbonyl (C=O) groups is 1. The van der Waals surface area contributed by atoms with Crippen molar-refractivity contribution in [3.8, 4) is 0 Å². The Morgan fingerprint density at radius 2 is 1.93 bits per heavy atom. The largest absolute Gasteiger partial charge is 0.356 e. The SMILES string of the molecule is O=C(NC1CCS(=O)(=O)c2ccccc21)c1cc(S(=O)(=O)N2CCSCC2)c[nH]1. The van der Waals surface area contributed by atoms with Gasteiger partial charge in [-0.05, 0) is 24.1 Å². The molecule has 0 spiro atoms. The topological polar surface area (TPSA) is 116 Å².